The first kappa shape index (κ1) is 15.3. The lowest BCUT2D eigenvalue weighted by molar-refractivity contribution is 0.163. The molecule has 0 aromatic rings. The minimum atomic E-state index is 0.249. The van der Waals surface area contributed by atoms with Crippen molar-refractivity contribution in [1.82, 2.24) is 10.2 Å². The molecule has 0 radical (unpaired) electrons. The minimum absolute atomic E-state index is 0.249. The van der Waals surface area contributed by atoms with E-state index in [1.807, 2.05) is 0 Å². The molecule has 3 N–H and O–H groups in total. The van der Waals surface area contributed by atoms with E-state index in [1.165, 1.54) is 38.5 Å². The van der Waals surface area contributed by atoms with Crippen LogP contribution in [0.1, 0.15) is 52.4 Å². The third-order valence-electron chi connectivity index (χ3n) is 5.39. The number of nitrogens with zero attached hydrogens (tertiary/aromatic N) is 1. The van der Waals surface area contributed by atoms with Gasteiger partial charge in [-0.05, 0) is 50.6 Å². The standard InChI is InChI=1S/C16H33N3/c1-3-19(4-2)11-10-18-16(13-17)9-5-6-15(12-16)14-7-8-14/h14-15,18H,3-13,17H2,1-2H3. The summed E-state index contributed by atoms with van der Waals surface area (Å²) in [5.41, 5.74) is 6.38. The zero-order valence-corrected chi connectivity index (χ0v) is 13.0. The molecule has 112 valence electrons. The number of nitrogens with two attached hydrogens (primary N) is 1. The van der Waals surface area contributed by atoms with Gasteiger partial charge in [-0.2, -0.15) is 0 Å². The van der Waals surface area contributed by atoms with Crippen LogP contribution in [-0.2, 0) is 0 Å². The molecule has 2 unspecified atom stereocenters. The molecule has 0 aromatic carbocycles. The highest BCUT2D eigenvalue weighted by Gasteiger charge is 2.40. The number of likely N-dealkylation sites (N-methyl/N-ethyl adjacent to an activating group) is 1. The normalized spacial score (nSPS) is 31.9. The predicted molar refractivity (Wildman–Crippen MR) is 82.3 cm³/mol. The van der Waals surface area contributed by atoms with E-state index in [4.69, 9.17) is 5.73 Å². The van der Waals surface area contributed by atoms with Gasteiger partial charge in [0.15, 0.2) is 0 Å². The van der Waals surface area contributed by atoms with Gasteiger partial charge in [0.05, 0.1) is 0 Å². The highest BCUT2D eigenvalue weighted by atomic mass is 15.1. The number of rotatable bonds is 8. The third-order valence-corrected chi connectivity index (χ3v) is 5.39. The molecule has 0 spiro atoms. The van der Waals surface area contributed by atoms with Gasteiger partial charge < -0.3 is 16.0 Å². The Morgan fingerprint density at radius 3 is 2.47 bits per heavy atom. The molecule has 2 fully saturated rings. The molecule has 3 heteroatoms. The van der Waals surface area contributed by atoms with Gasteiger partial charge in [0, 0.05) is 25.2 Å². The molecule has 2 aliphatic rings. The minimum Gasteiger partial charge on any atom is -0.329 e. The van der Waals surface area contributed by atoms with Crippen molar-refractivity contribution in [3.05, 3.63) is 0 Å². The fourth-order valence-corrected chi connectivity index (χ4v) is 3.82. The van der Waals surface area contributed by atoms with Gasteiger partial charge in [0.25, 0.3) is 0 Å². The summed E-state index contributed by atoms with van der Waals surface area (Å²) >= 11 is 0. The van der Waals surface area contributed by atoms with Crippen LogP contribution in [0.3, 0.4) is 0 Å². The fraction of sp³-hybridized carbons (Fsp3) is 1.00. The van der Waals surface area contributed by atoms with E-state index < -0.39 is 0 Å². The van der Waals surface area contributed by atoms with Crippen LogP contribution in [0.5, 0.6) is 0 Å². The van der Waals surface area contributed by atoms with Crippen LogP contribution < -0.4 is 11.1 Å². The second kappa shape index (κ2) is 7.05. The molecular weight excluding hydrogens is 234 g/mol. The van der Waals surface area contributed by atoms with E-state index in [2.05, 4.69) is 24.1 Å². The van der Waals surface area contributed by atoms with Crippen molar-refractivity contribution in [2.24, 2.45) is 17.6 Å². The maximum Gasteiger partial charge on any atom is 0.0307 e. The highest BCUT2D eigenvalue weighted by molar-refractivity contribution is 4.98. The van der Waals surface area contributed by atoms with Crippen molar-refractivity contribution in [1.29, 1.82) is 0 Å². The van der Waals surface area contributed by atoms with Crippen LogP contribution in [-0.4, -0.2) is 43.2 Å². The first-order chi connectivity index (χ1) is 9.23. The largest absolute Gasteiger partial charge is 0.329 e. The Kier molecular flexibility index (Phi) is 5.67. The molecule has 0 aromatic heterocycles. The number of hydrogen-bond acceptors (Lipinski definition) is 3. The van der Waals surface area contributed by atoms with Crippen molar-refractivity contribution in [3.63, 3.8) is 0 Å². The molecule has 0 amide bonds. The van der Waals surface area contributed by atoms with Crippen molar-refractivity contribution < 1.29 is 0 Å². The van der Waals surface area contributed by atoms with E-state index in [9.17, 15) is 0 Å². The monoisotopic (exact) mass is 267 g/mol. The fourth-order valence-electron chi connectivity index (χ4n) is 3.82. The van der Waals surface area contributed by atoms with Crippen molar-refractivity contribution >= 4 is 0 Å². The third kappa shape index (κ3) is 4.17. The van der Waals surface area contributed by atoms with E-state index in [1.54, 1.807) is 0 Å². The van der Waals surface area contributed by atoms with E-state index >= 15 is 0 Å². The molecule has 0 bridgehead atoms. The Bertz CT molecular complexity index is 261. The summed E-state index contributed by atoms with van der Waals surface area (Å²) in [5, 5.41) is 3.83. The molecule has 3 nitrogen and oxygen atoms in total. The van der Waals surface area contributed by atoms with Gasteiger partial charge in [0.1, 0.15) is 0 Å². The summed E-state index contributed by atoms with van der Waals surface area (Å²) < 4.78 is 0. The van der Waals surface area contributed by atoms with Crippen LogP contribution in [0.4, 0.5) is 0 Å². The van der Waals surface area contributed by atoms with Crippen molar-refractivity contribution in [2.75, 3.05) is 32.7 Å². The van der Waals surface area contributed by atoms with Gasteiger partial charge in [-0.3, -0.25) is 0 Å². The van der Waals surface area contributed by atoms with Crippen LogP contribution >= 0.6 is 0 Å². The Hall–Kier alpha value is -0.120. The lowest BCUT2D eigenvalue weighted by Gasteiger charge is -2.42. The zero-order chi connectivity index (χ0) is 13.7. The van der Waals surface area contributed by atoms with E-state index in [0.29, 0.717) is 0 Å². The number of hydrogen-bond donors (Lipinski definition) is 2. The SMILES string of the molecule is CCN(CC)CCNC1(CN)CCCC(C2CC2)C1. The molecule has 0 saturated heterocycles. The summed E-state index contributed by atoms with van der Waals surface area (Å²) in [6.45, 7) is 9.85. The zero-order valence-electron chi connectivity index (χ0n) is 13.0. The maximum absolute atomic E-state index is 6.13. The van der Waals surface area contributed by atoms with Crippen molar-refractivity contribution in [2.45, 2.75) is 57.9 Å². The average molecular weight is 267 g/mol. The summed E-state index contributed by atoms with van der Waals surface area (Å²) in [7, 11) is 0. The van der Waals surface area contributed by atoms with Gasteiger partial charge in [-0.15, -0.1) is 0 Å². The lowest BCUT2D eigenvalue weighted by Crippen LogP contribution is -2.55. The van der Waals surface area contributed by atoms with E-state index in [-0.39, 0.29) is 5.54 Å². The molecule has 0 aliphatic heterocycles. The Morgan fingerprint density at radius 2 is 1.89 bits per heavy atom. The average Bonchev–Trinajstić information content (AvgIpc) is 3.28. The highest BCUT2D eigenvalue weighted by Crippen LogP contribution is 2.46. The van der Waals surface area contributed by atoms with Crippen molar-refractivity contribution in [3.8, 4) is 0 Å². The van der Waals surface area contributed by atoms with Crippen LogP contribution in [0.25, 0.3) is 0 Å². The molecule has 2 rings (SSSR count). The van der Waals surface area contributed by atoms with Gasteiger partial charge in [0.2, 0.25) is 0 Å². The maximum atomic E-state index is 6.13. The second-order valence-electron chi connectivity index (χ2n) is 6.63. The summed E-state index contributed by atoms with van der Waals surface area (Å²) in [4.78, 5) is 2.48. The molecule has 0 heterocycles. The van der Waals surface area contributed by atoms with Gasteiger partial charge in [-0.1, -0.05) is 26.7 Å². The first-order valence-corrected chi connectivity index (χ1v) is 8.40. The molecule has 19 heavy (non-hydrogen) atoms. The topological polar surface area (TPSA) is 41.3 Å². The van der Waals surface area contributed by atoms with Crippen LogP contribution in [0, 0.1) is 11.8 Å². The smallest absolute Gasteiger partial charge is 0.0307 e. The van der Waals surface area contributed by atoms with Gasteiger partial charge >= 0.3 is 0 Å². The molecule has 2 aliphatic carbocycles. The molecule has 2 atom stereocenters. The quantitative estimate of drug-likeness (QED) is 0.708. The first-order valence-electron chi connectivity index (χ1n) is 8.40. The molecular formula is C16H33N3. The Labute approximate surface area is 119 Å². The lowest BCUT2D eigenvalue weighted by atomic mass is 9.73. The van der Waals surface area contributed by atoms with E-state index in [0.717, 1.165) is 44.6 Å². The second-order valence-corrected chi connectivity index (χ2v) is 6.63. The summed E-state index contributed by atoms with van der Waals surface area (Å²) in [6, 6.07) is 0. The summed E-state index contributed by atoms with van der Waals surface area (Å²) in [6.07, 6.45) is 8.38. The van der Waals surface area contributed by atoms with Crippen LogP contribution in [0.15, 0.2) is 0 Å². The summed E-state index contributed by atoms with van der Waals surface area (Å²) in [5.74, 6) is 1.99. The Balaban J connectivity index is 1.79. The van der Waals surface area contributed by atoms with Gasteiger partial charge in [-0.25, -0.2) is 0 Å². The Morgan fingerprint density at radius 1 is 1.16 bits per heavy atom. The molecule has 2 saturated carbocycles. The number of nitrogens with one attached hydrogen (secondary N) is 1. The predicted octanol–water partition coefficient (Wildman–Crippen LogP) is 2.22. The van der Waals surface area contributed by atoms with Crippen LogP contribution in [0.2, 0.25) is 0 Å².